The zero-order chi connectivity index (χ0) is 12.3. The molecule has 88 valence electrons. The van der Waals surface area contributed by atoms with Crippen LogP contribution in [0.4, 0.5) is 8.78 Å². The molecule has 1 heterocycles. The Labute approximate surface area is 96.1 Å². The molecule has 0 bridgehead atoms. The molecule has 17 heavy (non-hydrogen) atoms. The van der Waals surface area contributed by atoms with Crippen molar-refractivity contribution >= 4 is 0 Å². The van der Waals surface area contributed by atoms with Gasteiger partial charge in [0.05, 0.1) is 5.69 Å². The molecule has 0 aliphatic heterocycles. The molecule has 0 radical (unpaired) electrons. The number of nitrogens with two attached hydrogens (primary N) is 1. The van der Waals surface area contributed by atoms with Crippen LogP contribution in [0, 0.1) is 11.6 Å². The van der Waals surface area contributed by atoms with Crippen molar-refractivity contribution in [3.8, 4) is 11.8 Å². The SMILES string of the molecule is NCc1ccnc(Oc2cc(F)cc(F)c2)n1. The van der Waals surface area contributed by atoms with Gasteiger partial charge in [0, 0.05) is 30.9 Å². The van der Waals surface area contributed by atoms with E-state index in [0.717, 1.165) is 18.2 Å². The lowest BCUT2D eigenvalue weighted by atomic mass is 10.3. The zero-order valence-corrected chi connectivity index (χ0v) is 8.73. The second-order valence-electron chi connectivity index (χ2n) is 3.24. The third kappa shape index (κ3) is 2.94. The highest BCUT2D eigenvalue weighted by molar-refractivity contribution is 5.26. The number of hydrogen-bond acceptors (Lipinski definition) is 4. The van der Waals surface area contributed by atoms with Crippen LogP contribution in [0.5, 0.6) is 11.8 Å². The van der Waals surface area contributed by atoms with Crippen LogP contribution in [0.25, 0.3) is 0 Å². The van der Waals surface area contributed by atoms with Gasteiger partial charge in [-0.05, 0) is 6.07 Å². The van der Waals surface area contributed by atoms with Crippen molar-refractivity contribution in [3.05, 3.63) is 47.8 Å². The number of halogens is 2. The van der Waals surface area contributed by atoms with Gasteiger partial charge in [0.2, 0.25) is 0 Å². The molecule has 0 aliphatic carbocycles. The molecule has 2 N–H and O–H groups in total. The van der Waals surface area contributed by atoms with E-state index in [-0.39, 0.29) is 18.3 Å². The minimum Gasteiger partial charge on any atom is -0.424 e. The second kappa shape index (κ2) is 4.84. The Hall–Kier alpha value is -2.08. The third-order valence-electron chi connectivity index (χ3n) is 1.95. The molecule has 2 aromatic rings. The smallest absolute Gasteiger partial charge is 0.322 e. The van der Waals surface area contributed by atoms with Crippen molar-refractivity contribution < 1.29 is 13.5 Å². The number of aromatic nitrogens is 2. The maximum atomic E-state index is 12.9. The summed E-state index contributed by atoms with van der Waals surface area (Å²) in [6.45, 7) is 0.233. The molecule has 0 spiro atoms. The maximum Gasteiger partial charge on any atom is 0.322 e. The molecule has 1 aromatic heterocycles. The summed E-state index contributed by atoms with van der Waals surface area (Å²) in [6.07, 6.45) is 1.46. The molecular formula is C11H9F2N3O. The van der Waals surface area contributed by atoms with E-state index in [1.165, 1.54) is 6.20 Å². The van der Waals surface area contributed by atoms with E-state index in [0.29, 0.717) is 5.69 Å². The predicted octanol–water partition coefficient (Wildman–Crippen LogP) is 2.01. The molecule has 0 unspecified atom stereocenters. The van der Waals surface area contributed by atoms with E-state index >= 15 is 0 Å². The van der Waals surface area contributed by atoms with Gasteiger partial charge in [-0.2, -0.15) is 4.98 Å². The van der Waals surface area contributed by atoms with E-state index in [4.69, 9.17) is 10.5 Å². The Bertz CT molecular complexity index is 514. The first-order valence-electron chi connectivity index (χ1n) is 4.83. The monoisotopic (exact) mass is 237 g/mol. The van der Waals surface area contributed by atoms with Gasteiger partial charge in [0.15, 0.2) is 0 Å². The summed E-state index contributed by atoms with van der Waals surface area (Å²) < 4.78 is 30.9. The fraction of sp³-hybridized carbons (Fsp3) is 0.0909. The minimum absolute atomic E-state index is 0.00190. The summed E-state index contributed by atoms with van der Waals surface area (Å²) in [5.41, 5.74) is 5.97. The van der Waals surface area contributed by atoms with E-state index in [1.807, 2.05) is 0 Å². The summed E-state index contributed by atoms with van der Waals surface area (Å²) >= 11 is 0. The molecule has 0 atom stereocenters. The first-order chi connectivity index (χ1) is 8.17. The van der Waals surface area contributed by atoms with Crippen LogP contribution >= 0.6 is 0 Å². The van der Waals surface area contributed by atoms with Crippen molar-refractivity contribution in [1.82, 2.24) is 9.97 Å². The lowest BCUT2D eigenvalue weighted by Crippen LogP contribution is -2.01. The van der Waals surface area contributed by atoms with Crippen molar-refractivity contribution in [2.45, 2.75) is 6.54 Å². The summed E-state index contributed by atoms with van der Waals surface area (Å²) in [5.74, 6) is -1.46. The van der Waals surface area contributed by atoms with Crippen LogP contribution in [-0.2, 0) is 6.54 Å². The molecule has 0 saturated heterocycles. The molecule has 0 saturated carbocycles. The van der Waals surface area contributed by atoms with Gasteiger partial charge < -0.3 is 10.5 Å². The molecule has 0 aliphatic rings. The molecular weight excluding hydrogens is 228 g/mol. The predicted molar refractivity (Wildman–Crippen MR) is 56.4 cm³/mol. The summed E-state index contributed by atoms with van der Waals surface area (Å²) in [4.78, 5) is 7.75. The normalized spacial score (nSPS) is 10.3. The van der Waals surface area contributed by atoms with E-state index in [9.17, 15) is 8.78 Å². The zero-order valence-electron chi connectivity index (χ0n) is 8.73. The lowest BCUT2D eigenvalue weighted by Gasteiger charge is -2.04. The molecule has 6 heteroatoms. The largest absolute Gasteiger partial charge is 0.424 e. The highest BCUT2D eigenvalue weighted by atomic mass is 19.1. The summed E-state index contributed by atoms with van der Waals surface area (Å²) in [5, 5.41) is 0. The highest BCUT2D eigenvalue weighted by Crippen LogP contribution is 2.20. The van der Waals surface area contributed by atoms with Crippen molar-refractivity contribution in [2.24, 2.45) is 5.73 Å². The number of ether oxygens (including phenoxy) is 1. The van der Waals surface area contributed by atoms with Gasteiger partial charge in [-0.1, -0.05) is 0 Å². The third-order valence-corrected chi connectivity index (χ3v) is 1.95. The minimum atomic E-state index is -0.727. The van der Waals surface area contributed by atoms with E-state index in [2.05, 4.69) is 9.97 Å². The van der Waals surface area contributed by atoms with Gasteiger partial charge in [0.25, 0.3) is 0 Å². The molecule has 2 rings (SSSR count). The molecule has 0 amide bonds. The number of rotatable bonds is 3. The molecule has 1 aromatic carbocycles. The average molecular weight is 237 g/mol. The Morgan fingerprint density at radius 1 is 1.18 bits per heavy atom. The fourth-order valence-corrected chi connectivity index (χ4v) is 1.23. The molecule has 0 fully saturated rings. The Balaban J connectivity index is 2.24. The van der Waals surface area contributed by atoms with Crippen molar-refractivity contribution in [3.63, 3.8) is 0 Å². The van der Waals surface area contributed by atoms with E-state index < -0.39 is 11.6 Å². The summed E-state index contributed by atoms with van der Waals surface area (Å²) in [7, 11) is 0. The van der Waals surface area contributed by atoms with Gasteiger partial charge in [-0.3, -0.25) is 0 Å². The van der Waals surface area contributed by atoms with Gasteiger partial charge in [-0.25, -0.2) is 13.8 Å². The van der Waals surface area contributed by atoms with Gasteiger partial charge in [-0.15, -0.1) is 0 Å². The average Bonchev–Trinajstić information content (AvgIpc) is 2.28. The first-order valence-corrected chi connectivity index (χ1v) is 4.83. The lowest BCUT2D eigenvalue weighted by molar-refractivity contribution is 0.430. The van der Waals surface area contributed by atoms with Crippen molar-refractivity contribution in [2.75, 3.05) is 0 Å². The number of benzene rings is 1. The van der Waals surface area contributed by atoms with Crippen molar-refractivity contribution in [1.29, 1.82) is 0 Å². The van der Waals surface area contributed by atoms with Crippen LogP contribution in [-0.4, -0.2) is 9.97 Å². The van der Waals surface area contributed by atoms with Crippen LogP contribution in [0.15, 0.2) is 30.5 Å². The Morgan fingerprint density at radius 2 is 1.88 bits per heavy atom. The number of nitrogens with zero attached hydrogens (tertiary/aromatic N) is 2. The highest BCUT2D eigenvalue weighted by Gasteiger charge is 2.05. The van der Waals surface area contributed by atoms with Crippen LogP contribution in [0.2, 0.25) is 0 Å². The van der Waals surface area contributed by atoms with Gasteiger partial charge in [0.1, 0.15) is 17.4 Å². The second-order valence-corrected chi connectivity index (χ2v) is 3.24. The Morgan fingerprint density at radius 3 is 2.53 bits per heavy atom. The van der Waals surface area contributed by atoms with E-state index in [1.54, 1.807) is 6.07 Å². The quantitative estimate of drug-likeness (QED) is 0.886. The van der Waals surface area contributed by atoms with Crippen LogP contribution < -0.4 is 10.5 Å². The number of hydrogen-bond donors (Lipinski definition) is 1. The van der Waals surface area contributed by atoms with Gasteiger partial charge >= 0.3 is 6.01 Å². The molecule has 4 nitrogen and oxygen atoms in total. The topological polar surface area (TPSA) is 61.0 Å². The van der Waals surface area contributed by atoms with Crippen LogP contribution in [0.3, 0.4) is 0 Å². The maximum absolute atomic E-state index is 12.9. The fourth-order valence-electron chi connectivity index (χ4n) is 1.23. The van der Waals surface area contributed by atoms with Crippen LogP contribution in [0.1, 0.15) is 5.69 Å². The first kappa shape index (κ1) is 11.4. The summed E-state index contributed by atoms with van der Waals surface area (Å²) in [6, 6.07) is 4.46. The standard InChI is InChI=1S/C11H9F2N3O/c12-7-3-8(13)5-10(4-7)17-11-15-2-1-9(6-14)16-11/h1-5H,6,14H2. The Kier molecular flexibility index (Phi) is 3.24.